The molecule has 0 saturated heterocycles. The summed E-state index contributed by atoms with van der Waals surface area (Å²) in [5.41, 5.74) is 3.34. The summed E-state index contributed by atoms with van der Waals surface area (Å²) >= 11 is 0. The Bertz CT molecular complexity index is 503. The largest absolute Gasteiger partial charge is 0.305 e. The van der Waals surface area contributed by atoms with E-state index in [1.165, 1.54) is 5.69 Å². The first-order valence-corrected chi connectivity index (χ1v) is 6.41. The fraction of sp³-hybridized carbons (Fsp3) is 0.538. The SMILES string of the molecule is CCCn1ccc(CNCc2cc(C)nn2C)n1.Cl. The summed E-state index contributed by atoms with van der Waals surface area (Å²) in [5.74, 6) is 0. The molecule has 0 saturated carbocycles. The van der Waals surface area contributed by atoms with Gasteiger partial charge in [-0.1, -0.05) is 6.92 Å². The van der Waals surface area contributed by atoms with Gasteiger partial charge in [0.15, 0.2) is 0 Å². The van der Waals surface area contributed by atoms with Crippen molar-refractivity contribution in [3.05, 3.63) is 35.4 Å². The summed E-state index contributed by atoms with van der Waals surface area (Å²) in [4.78, 5) is 0. The Morgan fingerprint density at radius 2 is 2.05 bits per heavy atom. The zero-order valence-corrected chi connectivity index (χ0v) is 12.6. The van der Waals surface area contributed by atoms with Crippen LogP contribution in [0.15, 0.2) is 18.3 Å². The van der Waals surface area contributed by atoms with Gasteiger partial charge in [0.25, 0.3) is 0 Å². The van der Waals surface area contributed by atoms with E-state index in [9.17, 15) is 0 Å². The van der Waals surface area contributed by atoms with Crippen LogP contribution in [0.2, 0.25) is 0 Å². The van der Waals surface area contributed by atoms with Crippen LogP contribution in [0.5, 0.6) is 0 Å². The van der Waals surface area contributed by atoms with E-state index in [2.05, 4.69) is 34.6 Å². The summed E-state index contributed by atoms with van der Waals surface area (Å²) < 4.78 is 3.91. The van der Waals surface area contributed by atoms with Crippen molar-refractivity contribution in [3.8, 4) is 0 Å². The maximum atomic E-state index is 4.49. The van der Waals surface area contributed by atoms with Crippen molar-refractivity contribution in [2.75, 3.05) is 0 Å². The lowest BCUT2D eigenvalue weighted by molar-refractivity contribution is 0.575. The number of hydrogen-bond donors (Lipinski definition) is 1. The molecule has 2 aromatic rings. The smallest absolute Gasteiger partial charge is 0.0762 e. The summed E-state index contributed by atoms with van der Waals surface area (Å²) in [6, 6.07) is 4.17. The van der Waals surface area contributed by atoms with Crippen molar-refractivity contribution in [1.82, 2.24) is 24.9 Å². The molecule has 0 unspecified atom stereocenters. The van der Waals surface area contributed by atoms with Crippen LogP contribution in [0.3, 0.4) is 0 Å². The van der Waals surface area contributed by atoms with Gasteiger partial charge in [0, 0.05) is 32.9 Å². The number of nitrogens with one attached hydrogen (secondary N) is 1. The molecule has 2 heterocycles. The van der Waals surface area contributed by atoms with Crippen LogP contribution in [-0.2, 0) is 26.7 Å². The van der Waals surface area contributed by atoms with Gasteiger partial charge in [0.2, 0.25) is 0 Å². The molecule has 6 heteroatoms. The third kappa shape index (κ3) is 4.36. The molecular formula is C13H22ClN5. The molecule has 5 nitrogen and oxygen atoms in total. The number of hydrogen-bond acceptors (Lipinski definition) is 3. The second kappa shape index (κ2) is 7.31. The zero-order chi connectivity index (χ0) is 13.0. The van der Waals surface area contributed by atoms with Crippen LogP contribution in [0.25, 0.3) is 0 Å². The molecule has 2 rings (SSSR count). The van der Waals surface area contributed by atoms with Crippen LogP contribution in [0.1, 0.15) is 30.4 Å². The van der Waals surface area contributed by atoms with E-state index < -0.39 is 0 Å². The molecule has 1 N–H and O–H groups in total. The number of nitrogens with zero attached hydrogens (tertiary/aromatic N) is 4. The first-order chi connectivity index (χ1) is 8.69. The average Bonchev–Trinajstić information content (AvgIpc) is 2.87. The van der Waals surface area contributed by atoms with E-state index in [4.69, 9.17) is 0 Å². The van der Waals surface area contributed by atoms with Gasteiger partial charge < -0.3 is 5.32 Å². The minimum atomic E-state index is 0. The highest BCUT2D eigenvalue weighted by Gasteiger charge is 2.02. The van der Waals surface area contributed by atoms with Gasteiger partial charge in [0.1, 0.15) is 0 Å². The van der Waals surface area contributed by atoms with Gasteiger partial charge in [0.05, 0.1) is 17.1 Å². The summed E-state index contributed by atoms with van der Waals surface area (Å²) in [6.07, 6.45) is 3.15. The lowest BCUT2D eigenvalue weighted by Gasteiger charge is -2.03. The van der Waals surface area contributed by atoms with Crippen LogP contribution in [0, 0.1) is 6.92 Å². The van der Waals surface area contributed by atoms with Gasteiger partial charge in [-0.3, -0.25) is 9.36 Å². The van der Waals surface area contributed by atoms with Crippen molar-refractivity contribution in [2.24, 2.45) is 7.05 Å². The molecule has 0 aliphatic heterocycles. The summed E-state index contributed by atoms with van der Waals surface area (Å²) in [5, 5.41) is 12.2. The number of rotatable bonds is 6. The molecule has 0 amide bonds. The van der Waals surface area contributed by atoms with Crippen molar-refractivity contribution < 1.29 is 0 Å². The van der Waals surface area contributed by atoms with E-state index in [1.807, 2.05) is 29.5 Å². The van der Waals surface area contributed by atoms with Crippen LogP contribution >= 0.6 is 12.4 Å². The fourth-order valence-corrected chi connectivity index (χ4v) is 2.00. The molecule has 19 heavy (non-hydrogen) atoms. The third-order valence-electron chi connectivity index (χ3n) is 2.86. The average molecular weight is 284 g/mol. The van der Waals surface area contributed by atoms with Crippen molar-refractivity contribution in [1.29, 1.82) is 0 Å². The van der Waals surface area contributed by atoms with Crippen LogP contribution < -0.4 is 5.32 Å². The van der Waals surface area contributed by atoms with Gasteiger partial charge in [-0.2, -0.15) is 10.2 Å². The Kier molecular flexibility index (Phi) is 6.05. The standard InChI is InChI=1S/C13H21N5.ClH/c1-4-6-18-7-5-12(16-18)9-14-10-13-8-11(2)15-17(13)3;/h5,7-8,14H,4,6,9-10H2,1-3H3;1H. The minimum absolute atomic E-state index is 0. The van der Waals surface area contributed by atoms with Crippen molar-refractivity contribution >= 4 is 12.4 Å². The topological polar surface area (TPSA) is 47.7 Å². The minimum Gasteiger partial charge on any atom is -0.305 e. The number of aryl methyl sites for hydroxylation is 3. The predicted molar refractivity (Wildman–Crippen MR) is 78.3 cm³/mol. The quantitative estimate of drug-likeness (QED) is 0.883. The van der Waals surface area contributed by atoms with E-state index >= 15 is 0 Å². The Balaban J connectivity index is 0.00000180. The zero-order valence-electron chi connectivity index (χ0n) is 11.8. The lowest BCUT2D eigenvalue weighted by Crippen LogP contribution is -2.15. The highest BCUT2D eigenvalue weighted by molar-refractivity contribution is 5.85. The second-order valence-corrected chi connectivity index (χ2v) is 4.57. The monoisotopic (exact) mass is 283 g/mol. The third-order valence-corrected chi connectivity index (χ3v) is 2.86. The fourth-order valence-electron chi connectivity index (χ4n) is 2.00. The molecule has 0 aromatic carbocycles. The van der Waals surface area contributed by atoms with E-state index in [1.54, 1.807) is 0 Å². The Morgan fingerprint density at radius 3 is 2.68 bits per heavy atom. The van der Waals surface area contributed by atoms with E-state index in [-0.39, 0.29) is 12.4 Å². The predicted octanol–water partition coefficient (Wildman–Crippen LogP) is 2.05. The summed E-state index contributed by atoms with van der Waals surface area (Å²) in [7, 11) is 1.97. The van der Waals surface area contributed by atoms with E-state index in [0.29, 0.717) is 0 Å². The first kappa shape index (κ1) is 15.7. The molecule has 106 valence electrons. The van der Waals surface area contributed by atoms with Gasteiger partial charge in [-0.05, 0) is 25.5 Å². The highest BCUT2D eigenvalue weighted by atomic mass is 35.5. The van der Waals surface area contributed by atoms with Crippen LogP contribution in [0.4, 0.5) is 0 Å². The number of halogens is 1. The maximum absolute atomic E-state index is 4.49. The Morgan fingerprint density at radius 1 is 1.26 bits per heavy atom. The molecule has 0 fully saturated rings. The van der Waals surface area contributed by atoms with Gasteiger partial charge in [-0.25, -0.2) is 0 Å². The molecule has 0 bridgehead atoms. The molecule has 0 spiro atoms. The molecular weight excluding hydrogens is 262 g/mol. The molecule has 0 radical (unpaired) electrons. The molecule has 0 atom stereocenters. The van der Waals surface area contributed by atoms with E-state index in [0.717, 1.165) is 37.4 Å². The normalized spacial score (nSPS) is 10.5. The first-order valence-electron chi connectivity index (χ1n) is 6.41. The van der Waals surface area contributed by atoms with Crippen molar-refractivity contribution in [2.45, 2.75) is 39.9 Å². The van der Waals surface area contributed by atoms with Crippen LogP contribution in [-0.4, -0.2) is 19.6 Å². The summed E-state index contributed by atoms with van der Waals surface area (Å²) in [6.45, 7) is 6.76. The second-order valence-electron chi connectivity index (χ2n) is 4.57. The Labute approximate surface area is 120 Å². The maximum Gasteiger partial charge on any atom is 0.0762 e. The Hall–Kier alpha value is -1.33. The van der Waals surface area contributed by atoms with Crippen molar-refractivity contribution in [3.63, 3.8) is 0 Å². The number of aromatic nitrogens is 4. The molecule has 0 aliphatic carbocycles. The molecule has 2 aromatic heterocycles. The lowest BCUT2D eigenvalue weighted by atomic mass is 10.3. The highest BCUT2D eigenvalue weighted by Crippen LogP contribution is 2.02. The molecule has 0 aliphatic rings. The van der Waals surface area contributed by atoms with Gasteiger partial charge in [-0.15, -0.1) is 12.4 Å². The van der Waals surface area contributed by atoms with Gasteiger partial charge >= 0.3 is 0 Å².